The molecule has 12 heavy (non-hydrogen) atoms. The molecule has 1 nitrogen and oxygen atoms in total. The predicted molar refractivity (Wildman–Crippen MR) is 48.8 cm³/mol. The third-order valence-electron chi connectivity index (χ3n) is 3.61. The number of hydrogen-bond acceptors (Lipinski definition) is 1. The van der Waals surface area contributed by atoms with Crippen LogP contribution >= 0.6 is 0 Å². The third kappa shape index (κ3) is 1.12. The van der Waals surface area contributed by atoms with Gasteiger partial charge in [0.2, 0.25) is 0 Å². The molecule has 2 bridgehead atoms. The maximum absolute atomic E-state index is 10.9. The van der Waals surface area contributed by atoms with Crippen molar-refractivity contribution in [1.82, 2.24) is 0 Å². The number of carbonyl (C=O) groups is 1. The summed E-state index contributed by atoms with van der Waals surface area (Å²) in [6, 6.07) is 0. The molecule has 0 aromatic heterocycles. The minimum Gasteiger partial charge on any atom is -0.303 e. The molecule has 0 radical (unpaired) electrons. The lowest BCUT2D eigenvalue weighted by molar-refractivity contribution is -0.114. The average Bonchev–Trinajstić information content (AvgIpc) is 2.33. The van der Waals surface area contributed by atoms with Gasteiger partial charge in [-0.25, -0.2) is 0 Å². The second kappa shape index (κ2) is 2.72. The van der Waals surface area contributed by atoms with E-state index in [2.05, 4.69) is 19.1 Å². The zero-order valence-corrected chi connectivity index (χ0v) is 7.62. The van der Waals surface area contributed by atoms with Crippen molar-refractivity contribution in [2.24, 2.45) is 17.3 Å². The predicted octanol–water partition coefficient (Wildman–Crippen LogP) is 2.57. The van der Waals surface area contributed by atoms with E-state index in [-0.39, 0.29) is 11.3 Å². The Morgan fingerprint density at radius 2 is 2.42 bits per heavy atom. The summed E-state index contributed by atoms with van der Waals surface area (Å²) in [6.07, 6.45) is 10.6. The van der Waals surface area contributed by atoms with Crippen molar-refractivity contribution in [3.05, 3.63) is 12.2 Å². The Kier molecular flexibility index (Phi) is 1.82. The van der Waals surface area contributed by atoms with Gasteiger partial charge in [0.05, 0.1) is 0 Å². The molecular formula is C11H16O. The summed E-state index contributed by atoms with van der Waals surface area (Å²) in [7, 11) is 0. The van der Waals surface area contributed by atoms with E-state index in [1.807, 2.05) is 0 Å². The van der Waals surface area contributed by atoms with Crippen LogP contribution < -0.4 is 0 Å². The molecule has 1 saturated carbocycles. The second-order valence-corrected chi connectivity index (χ2v) is 4.50. The normalized spacial score (nSPS) is 45.8. The number of hydrogen-bond donors (Lipinski definition) is 0. The molecule has 3 unspecified atom stereocenters. The number of aldehydes is 1. The highest BCUT2D eigenvalue weighted by atomic mass is 16.1. The van der Waals surface area contributed by atoms with Gasteiger partial charge in [0, 0.05) is 5.92 Å². The lowest BCUT2D eigenvalue weighted by Crippen LogP contribution is -2.28. The smallest absolute Gasteiger partial charge is 0.123 e. The highest BCUT2D eigenvalue weighted by Crippen LogP contribution is 2.46. The maximum atomic E-state index is 10.9. The molecule has 3 aliphatic carbocycles. The first-order valence-corrected chi connectivity index (χ1v) is 4.89. The molecule has 0 aliphatic heterocycles. The van der Waals surface area contributed by atoms with E-state index in [0.717, 1.165) is 6.42 Å². The van der Waals surface area contributed by atoms with Crippen LogP contribution in [0.4, 0.5) is 0 Å². The molecule has 3 atom stereocenters. The molecule has 0 aromatic rings. The fourth-order valence-corrected chi connectivity index (χ4v) is 2.59. The highest BCUT2D eigenvalue weighted by Gasteiger charge is 2.38. The van der Waals surface area contributed by atoms with Crippen LogP contribution in [0, 0.1) is 17.3 Å². The zero-order valence-electron chi connectivity index (χ0n) is 7.62. The van der Waals surface area contributed by atoms with Crippen LogP contribution in [-0.2, 0) is 4.79 Å². The summed E-state index contributed by atoms with van der Waals surface area (Å²) in [5.41, 5.74) is 0.189. The van der Waals surface area contributed by atoms with E-state index in [0.29, 0.717) is 5.92 Å². The molecule has 0 saturated heterocycles. The Hall–Kier alpha value is -0.590. The van der Waals surface area contributed by atoms with E-state index in [9.17, 15) is 4.79 Å². The van der Waals surface area contributed by atoms with Crippen LogP contribution in [0.1, 0.15) is 32.6 Å². The molecule has 0 N–H and O–H groups in total. The summed E-state index contributed by atoms with van der Waals surface area (Å²) >= 11 is 0. The van der Waals surface area contributed by atoms with Gasteiger partial charge < -0.3 is 4.79 Å². The fourth-order valence-electron chi connectivity index (χ4n) is 2.59. The molecule has 0 aromatic carbocycles. The second-order valence-electron chi connectivity index (χ2n) is 4.50. The van der Waals surface area contributed by atoms with Crippen LogP contribution in [0.25, 0.3) is 0 Å². The lowest BCUT2D eigenvalue weighted by atomic mass is 9.70. The van der Waals surface area contributed by atoms with Crippen molar-refractivity contribution in [2.75, 3.05) is 0 Å². The van der Waals surface area contributed by atoms with Crippen molar-refractivity contribution in [2.45, 2.75) is 32.6 Å². The van der Waals surface area contributed by atoms with Crippen molar-refractivity contribution >= 4 is 6.29 Å². The molecule has 0 heterocycles. The lowest BCUT2D eigenvalue weighted by Gasteiger charge is -2.33. The van der Waals surface area contributed by atoms with E-state index in [4.69, 9.17) is 0 Å². The van der Waals surface area contributed by atoms with Gasteiger partial charge in [-0.05, 0) is 30.6 Å². The van der Waals surface area contributed by atoms with Crippen molar-refractivity contribution in [3.8, 4) is 0 Å². The summed E-state index contributed by atoms with van der Waals surface area (Å²) in [4.78, 5) is 10.9. The minimum atomic E-state index is 0.189. The largest absolute Gasteiger partial charge is 0.303 e. The van der Waals surface area contributed by atoms with E-state index < -0.39 is 0 Å². The Balaban J connectivity index is 2.31. The van der Waals surface area contributed by atoms with Crippen molar-refractivity contribution < 1.29 is 4.79 Å². The zero-order chi connectivity index (χ0) is 8.60. The van der Waals surface area contributed by atoms with Gasteiger partial charge in [0.25, 0.3) is 0 Å². The molecule has 3 aliphatic rings. The monoisotopic (exact) mass is 164 g/mol. The number of carbonyl (C=O) groups excluding carboxylic acids is 1. The van der Waals surface area contributed by atoms with Crippen LogP contribution in [0.3, 0.4) is 0 Å². The average molecular weight is 164 g/mol. The first kappa shape index (κ1) is 8.03. The van der Waals surface area contributed by atoms with Crippen LogP contribution in [0.5, 0.6) is 0 Å². The quantitative estimate of drug-likeness (QED) is 0.430. The van der Waals surface area contributed by atoms with Crippen LogP contribution in [-0.4, -0.2) is 6.29 Å². The Labute approximate surface area is 73.8 Å². The Morgan fingerprint density at radius 1 is 1.58 bits per heavy atom. The van der Waals surface area contributed by atoms with Crippen LogP contribution in [0.2, 0.25) is 0 Å². The van der Waals surface area contributed by atoms with Gasteiger partial charge in [-0.1, -0.05) is 25.5 Å². The SMILES string of the molecule is CC12C=CC(CCC1)CC2C=O. The minimum absolute atomic E-state index is 0.189. The molecule has 1 heteroatoms. The van der Waals surface area contributed by atoms with Gasteiger partial charge in [-0.3, -0.25) is 0 Å². The molecule has 1 fully saturated rings. The van der Waals surface area contributed by atoms with Crippen LogP contribution in [0.15, 0.2) is 12.2 Å². The molecule has 0 amide bonds. The Morgan fingerprint density at radius 3 is 3.17 bits per heavy atom. The van der Waals surface area contributed by atoms with Crippen molar-refractivity contribution in [3.63, 3.8) is 0 Å². The van der Waals surface area contributed by atoms with E-state index >= 15 is 0 Å². The first-order valence-electron chi connectivity index (χ1n) is 4.89. The topological polar surface area (TPSA) is 17.1 Å². The summed E-state index contributed by atoms with van der Waals surface area (Å²) < 4.78 is 0. The van der Waals surface area contributed by atoms with Gasteiger partial charge in [0.15, 0.2) is 0 Å². The highest BCUT2D eigenvalue weighted by molar-refractivity contribution is 5.56. The van der Waals surface area contributed by atoms with Gasteiger partial charge in [-0.2, -0.15) is 0 Å². The summed E-state index contributed by atoms with van der Waals surface area (Å²) in [6.45, 7) is 2.23. The standard InChI is InChI=1S/C11H16O/c1-11-5-2-3-9(4-6-11)7-10(11)8-12/h4,6,8-10H,2-3,5,7H2,1H3. The number of allylic oxidation sites excluding steroid dienone is 2. The first-order chi connectivity index (χ1) is 5.74. The van der Waals surface area contributed by atoms with E-state index in [1.165, 1.54) is 25.5 Å². The maximum Gasteiger partial charge on any atom is 0.123 e. The molecule has 3 rings (SSSR count). The van der Waals surface area contributed by atoms with Crippen molar-refractivity contribution in [1.29, 1.82) is 0 Å². The third-order valence-corrected chi connectivity index (χ3v) is 3.61. The fraction of sp³-hybridized carbons (Fsp3) is 0.727. The number of fused-ring (bicyclic) bond motifs is 3. The molecule has 0 spiro atoms. The summed E-state index contributed by atoms with van der Waals surface area (Å²) in [5.74, 6) is 0.978. The van der Waals surface area contributed by atoms with Gasteiger partial charge >= 0.3 is 0 Å². The van der Waals surface area contributed by atoms with Gasteiger partial charge in [-0.15, -0.1) is 0 Å². The molecule has 66 valence electrons. The Bertz CT molecular complexity index is 219. The van der Waals surface area contributed by atoms with E-state index in [1.54, 1.807) is 0 Å². The molecular weight excluding hydrogens is 148 g/mol. The summed E-state index contributed by atoms with van der Waals surface area (Å²) in [5, 5.41) is 0. The van der Waals surface area contributed by atoms with Gasteiger partial charge in [0.1, 0.15) is 6.29 Å². The number of rotatable bonds is 1.